The average molecular weight is 470 g/mol. The topological polar surface area (TPSA) is 69.9 Å². The molecule has 1 unspecified atom stereocenters. The molecule has 5 aliphatic carbocycles. The largest absolute Gasteiger partial charge is 0.411 e. The smallest absolute Gasteiger partial charge is 0.126 e. The van der Waals surface area contributed by atoms with Crippen LogP contribution in [0.1, 0.15) is 98.8 Å². The molecule has 4 heteroatoms. The maximum absolute atomic E-state index is 12.6. The van der Waals surface area contributed by atoms with Gasteiger partial charge in [-0.05, 0) is 117 Å². The predicted molar refractivity (Wildman–Crippen MR) is 136 cm³/mol. The van der Waals surface area contributed by atoms with Crippen LogP contribution >= 0.6 is 0 Å². The van der Waals surface area contributed by atoms with E-state index in [0.29, 0.717) is 29.6 Å². The van der Waals surface area contributed by atoms with Crippen molar-refractivity contribution in [1.29, 1.82) is 0 Å². The average Bonchev–Trinajstić information content (AvgIpc) is 3.20. The number of allylic oxidation sites excluding steroid dienone is 1. The van der Waals surface area contributed by atoms with Crippen LogP contribution in [0.2, 0.25) is 0 Å². The summed E-state index contributed by atoms with van der Waals surface area (Å²) in [6.07, 6.45) is 12.2. The van der Waals surface area contributed by atoms with Crippen molar-refractivity contribution in [2.24, 2.45) is 61.8 Å². The van der Waals surface area contributed by atoms with Gasteiger partial charge in [0.15, 0.2) is 0 Å². The van der Waals surface area contributed by atoms with Crippen LogP contribution < -0.4 is 0 Å². The third kappa shape index (κ3) is 2.75. The van der Waals surface area contributed by atoms with Crippen LogP contribution in [0.25, 0.3) is 0 Å². The molecule has 0 aromatic carbocycles. The molecule has 0 heterocycles. The maximum atomic E-state index is 12.6. The van der Waals surface area contributed by atoms with E-state index in [1.807, 2.05) is 0 Å². The molecule has 5 fully saturated rings. The van der Waals surface area contributed by atoms with Crippen LogP contribution in [-0.4, -0.2) is 28.9 Å². The summed E-state index contributed by atoms with van der Waals surface area (Å²) in [5, 5.41) is 24.0. The fourth-order valence-electron chi connectivity index (χ4n) is 11.4. The molecular formula is C30H47NO3. The van der Waals surface area contributed by atoms with E-state index in [1.165, 1.54) is 24.7 Å². The Labute approximate surface area is 206 Å². The number of fused-ring (bicyclic) bond motifs is 7. The van der Waals surface area contributed by atoms with Crippen molar-refractivity contribution in [2.75, 3.05) is 6.61 Å². The normalized spacial score (nSPS) is 55.6. The molecule has 0 saturated heterocycles. The van der Waals surface area contributed by atoms with Gasteiger partial charge in [-0.2, -0.15) is 0 Å². The number of carbonyl (C=O) groups excluding carboxylic acids is 1. The fraction of sp³-hybridized carbons (Fsp3) is 0.867. The Balaban J connectivity index is 1.56. The Morgan fingerprint density at radius 2 is 1.74 bits per heavy atom. The third-order valence-electron chi connectivity index (χ3n) is 13.4. The van der Waals surface area contributed by atoms with Gasteiger partial charge >= 0.3 is 0 Å². The SMILES string of the molecule is C=C(C)[C@@H]1CC[C@]2(C=O)CC[C@]3(C)[C@H](CC[C@@H]4[C@@]5(C)CC/C(=N/O)C(C)(CO)[C@@H]5CC[C@]43C)[C@@H]12. The van der Waals surface area contributed by atoms with Gasteiger partial charge in [0.2, 0.25) is 0 Å². The van der Waals surface area contributed by atoms with Crippen LogP contribution in [0, 0.1) is 56.7 Å². The predicted octanol–water partition coefficient (Wildman–Crippen LogP) is 6.65. The molecule has 0 aromatic heterocycles. The van der Waals surface area contributed by atoms with Gasteiger partial charge in [0, 0.05) is 10.8 Å². The highest BCUT2D eigenvalue weighted by atomic mass is 16.4. The summed E-state index contributed by atoms with van der Waals surface area (Å²) in [4.78, 5) is 12.6. The minimum absolute atomic E-state index is 0.0558. The lowest BCUT2D eigenvalue weighted by atomic mass is 9.32. The van der Waals surface area contributed by atoms with E-state index in [4.69, 9.17) is 0 Å². The van der Waals surface area contributed by atoms with Crippen LogP contribution in [0.5, 0.6) is 0 Å². The Bertz CT molecular complexity index is 913. The number of aldehydes is 1. The first-order chi connectivity index (χ1) is 16.0. The van der Waals surface area contributed by atoms with Crippen LogP contribution in [0.3, 0.4) is 0 Å². The Hall–Kier alpha value is -1.16. The van der Waals surface area contributed by atoms with Gasteiger partial charge in [0.25, 0.3) is 0 Å². The molecule has 2 N–H and O–H groups in total. The van der Waals surface area contributed by atoms with Crippen LogP contribution in [-0.2, 0) is 4.79 Å². The molecule has 0 amide bonds. The molecule has 0 aliphatic heterocycles. The van der Waals surface area contributed by atoms with Gasteiger partial charge in [-0.15, -0.1) is 0 Å². The standard InChI is InChI=1S/C30H47NO3/c1-19(2)20-9-14-30(18-33)16-15-28(5)21(25(20)30)7-8-23-26(3)12-11-24(31-34)27(4,17-32)22(26)10-13-29(23,28)6/h18,20-23,25,32,34H,1,7-17H2,2-6H3/b31-24-/t20-,21+,22+,23+,25+,26-,27?,28+,29+,30+/m0/s1. The molecule has 0 aromatic rings. The zero-order valence-electron chi connectivity index (χ0n) is 22.2. The van der Waals surface area contributed by atoms with Gasteiger partial charge < -0.3 is 15.1 Å². The van der Waals surface area contributed by atoms with Gasteiger partial charge in [-0.3, -0.25) is 0 Å². The Morgan fingerprint density at radius 1 is 1.00 bits per heavy atom. The molecule has 0 radical (unpaired) electrons. The van der Waals surface area contributed by atoms with Crippen molar-refractivity contribution in [3.8, 4) is 0 Å². The van der Waals surface area contributed by atoms with Crippen molar-refractivity contribution in [3.05, 3.63) is 12.2 Å². The lowest BCUT2D eigenvalue weighted by molar-refractivity contribution is -0.228. The van der Waals surface area contributed by atoms with E-state index in [1.54, 1.807) is 0 Å². The van der Waals surface area contributed by atoms with Crippen molar-refractivity contribution < 1.29 is 15.1 Å². The zero-order chi connectivity index (χ0) is 24.7. The van der Waals surface area contributed by atoms with Crippen LogP contribution in [0.15, 0.2) is 17.3 Å². The summed E-state index contributed by atoms with van der Waals surface area (Å²) in [5.41, 5.74) is 2.09. The molecule has 4 nitrogen and oxygen atoms in total. The van der Waals surface area contributed by atoms with Gasteiger partial charge in [0.05, 0.1) is 12.3 Å². The van der Waals surface area contributed by atoms with Crippen molar-refractivity contribution in [1.82, 2.24) is 0 Å². The molecular weight excluding hydrogens is 422 g/mol. The van der Waals surface area contributed by atoms with E-state index >= 15 is 0 Å². The summed E-state index contributed by atoms with van der Waals surface area (Å²) in [5.74, 6) is 2.46. The summed E-state index contributed by atoms with van der Waals surface area (Å²) in [7, 11) is 0. The minimum Gasteiger partial charge on any atom is -0.411 e. The molecule has 5 saturated carbocycles. The lowest BCUT2D eigenvalue weighted by Crippen LogP contribution is -2.67. The summed E-state index contributed by atoms with van der Waals surface area (Å²) in [6.45, 7) is 16.4. The number of oxime groups is 1. The Morgan fingerprint density at radius 3 is 2.35 bits per heavy atom. The molecule has 190 valence electrons. The monoisotopic (exact) mass is 469 g/mol. The number of hydrogen-bond donors (Lipinski definition) is 2. The highest BCUT2D eigenvalue weighted by Gasteiger charge is 2.71. The highest BCUT2D eigenvalue weighted by molar-refractivity contribution is 5.91. The van der Waals surface area contributed by atoms with E-state index in [9.17, 15) is 15.1 Å². The minimum atomic E-state index is -0.434. The van der Waals surface area contributed by atoms with E-state index in [-0.39, 0.29) is 28.3 Å². The third-order valence-corrected chi connectivity index (χ3v) is 13.4. The number of carbonyl (C=O) groups is 1. The van der Waals surface area contributed by atoms with Gasteiger partial charge in [-0.25, -0.2) is 0 Å². The maximum Gasteiger partial charge on any atom is 0.126 e. The zero-order valence-corrected chi connectivity index (χ0v) is 22.2. The quantitative estimate of drug-likeness (QED) is 0.210. The second-order valence-corrected chi connectivity index (χ2v) is 14.2. The summed E-state index contributed by atoms with van der Waals surface area (Å²) >= 11 is 0. The van der Waals surface area contributed by atoms with Gasteiger partial charge in [-0.1, -0.05) is 45.0 Å². The number of hydrogen-bond acceptors (Lipinski definition) is 4. The fourth-order valence-corrected chi connectivity index (χ4v) is 11.4. The van der Waals surface area contributed by atoms with E-state index in [0.717, 1.165) is 57.1 Å². The molecule has 34 heavy (non-hydrogen) atoms. The first-order valence-electron chi connectivity index (χ1n) is 13.9. The Kier molecular flexibility index (Phi) is 5.53. The lowest BCUT2D eigenvalue weighted by Gasteiger charge is -2.72. The number of nitrogens with zero attached hydrogens (tertiary/aromatic N) is 1. The van der Waals surface area contributed by atoms with Crippen molar-refractivity contribution in [3.63, 3.8) is 0 Å². The first-order valence-corrected chi connectivity index (χ1v) is 13.9. The highest BCUT2D eigenvalue weighted by Crippen LogP contribution is 2.77. The van der Waals surface area contributed by atoms with E-state index in [2.05, 4.69) is 46.4 Å². The second kappa shape index (κ2) is 7.67. The summed E-state index contributed by atoms with van der Waals surface area (Å²) in [6, 6.07) is 0. The van der Waals surface area contributed by atoms with E-state index < -0.39 is 5.41 Å². The van der Waals surface area contributed by atoms with Gasteiger partial charge in [0.1, 0.15) is 6.29 Å². The van der Waals surface area contributed by atoms with Crippen molar-refractivity contribution >= 4 is 12.0 Å². The van der Waals surface area contributed by atoms with Crippen LogP contribution in [0.4, 0.5) is 0 Å². The second-order valence-electron chi connectivity index (χ2n) is 14.2. The number of aliphatic hydroxyl groups is 1. The molecule has 5 rings (SSSR count). The molecule has 0 spiro atoms. The van der Waals surface area contributed by atoms with Crippen molar-refractivity contribution in [2.45, 2.75) is 98.8 Å². The number of rotatable bonds is 3. The molecule has 5 aliphatic rings. The number of aliphatic hydroxyl groups excluding tert-OH is 1. The first kappa shape index (κ1) is 24.5. The summed E-state index contributed by atoms with van der Waals surface area (Å²) < 4.78 is 0. The molecule has 0 bridgehead atoms. The molecule has 10 atom stereocenters.